The number of amides is 2. The summed E-state index contributed by atoms with van der Waals surface area (Å²) in [7, 11) is 0. The van der Waals surface area contributed by atoms with E-state index >= 15 is 0 Å². The summed E-state index contributed by atoms with van der Waals surface area (Å²) in [5.41, 5.74) is -0.764. The summed E-state index contributed by atoms with van der Waals surface area (Å²) in [4.78, 5) is 43.9. The number of pyridine rings is 1. The van der Waals surface area contributed by atoms with Gasteiger partial charge in [-0.25, -0.2) is 14.6 Å². The molecule has 33 heavy (non-hydrogen) atoms. The lowest BCUT2D eigenvalue weighted by Crippen LogP contribution is -2.43. The second kappa shape index (κ2) is 11.5. The van der Waals surface area contributed by atoms with Crippen LogP contribution < -0.4 is 10.2 Å². The van der Waals surface area contributed by atoms with Crippen molar-refractivity contribution in [1.29, 1.82) is 0 Å². The van der Waals surface area contributed by atoms with Crippen LogP contribution in [0.1, 0.15) is 96.8 Å². The summed E-state index contributed by atoms with van der Waals surface area (Å²) in [6.07, 6.45) is 5.98. The molecule has 0 saturated heterocycles. The van der Waals surface area contributed by atoms with Crippen molar-refractivity contribution in [3.63, 3.8) is 0 Å². The van der Waals surface area contributed by atoms with E-state index in [1.54, 1.807) is 23.2 Å². The Labute approximate surface area is 197 Å². The molecule has 1 fully saturated rings. The summed E-state index contributed by atoms with van der Waals surface area (Å²) in [6.45, 7) is 11.3. The molecule has 2 amide bonds. The second-order valence-corrected chi connectivity index (χ2v) is 10.5. The van der Waals surface area contributed by atoms with Gasteiger partial charge in [-0.05, 0) is 79.4 Å². The average Bonchev–Trinajstić information content (AvgIpc) is 3.19. The number of ketones is 1. The van der Waals surface area contributed by atoms with E-state index in [1.807, 2.05) is 41.5 Å². The quantitative estimate of drug-likeness (QED) is 0.397. The Morgan fingerprint density at radius 2 is 1.67 bits per heavy atom. The topological polar surface area (TPSA) is 97.8 Å². The molecule has 1 N–H and O–H groups in total. The molecule has 0 atom stereocenters. The molecule has 0 unspecified atom stereocenters. The number of hydrogen-bond acceptors (Lipinski definition) is 6. The highest BCUT2D eigenvalue weighted by molar-refractivity contribution is 6.03. The van der Waals surface area contributed by atoms with Crippen molar-refractivity contribution in [2.45, 2.75) is 104 Å². The Morgan fingerprint density at radius 3 is 2.27 bits per heavy atom. The molecular formula is C25H39N3O5. The highest BCUT2D eigenvalue weighted by atomic mass is 16.6. The molecule has 2 rings (SSSR count). The fourth-order valence-corrected chi connectivity index (χ4v) is 3.74. The maximum Gasteiger partial charge on any atom is 0.416 e. The molecule has 0 aliphatic heterocycles. The molecule has 0 spiro atoms. The van der Waals surface area contributed by atoms with Gasteiger partial charge in [0.25, 0.3) is 0 Å². The smallest absolute Gasteiger partial charge is 0.416 e. The molecule has 1 aliphatic rings. The number of carbonyl (C=O) groups is 3. The third-order valence-electron chi connectivity index (χ3n) is 5.09. The number of anilines is 1. The zero-order valence-electron chi connectivity index (χ0n) is 20.9. The van der Waals surface area contributed by atoms with Gasteiger partial charge in [-0.3, -0.25) is 9.69 Å². The Hall–Kier alpha value is -2.64. The van der Waals surface area contributed by atoms with Gasteiger partial charge in [0, 0.05) is 25.2 Å². The van der Waals surface area contributed by atoms with E-state index in [0.29, 0.717) is 37.2 Å². The molecule has 1 aromatic rings. The number of hydrogen-bond donors (Lipinski definition) is 1. The average molecular weight is 462 g/mol. The van der Waals surface area contributed by atoms with Crippen LogP contribution in [0.4, 0.5) is 15.4 Å². The van der Waals surface area contributed by atoms with Crippen molar-refractivity contribution < 1.29 is 23.9 Å². The molecule has 1 aromatic heterocycles. The molecule has 0 radical (unpaired) electrons. The van der Waals surface area contributed by atoms with E-state index in [9.17, 15) is 14.4 Å². The van der Waals surface area contributed by atoms with Gasteiger partial charge in [-0.2, -0.15) is 0 Å². The number of carbonyl (C=O) groups excluding carboxylic acids is 3. The number of ether oxygens (including phenoxy) is 2. The highest BCUT2D eigenvalue weighted by Crippen LogP contribution is 2.31. The minimum absolute atomic E-state index is 0.0284. The minimum Gasteiger partial charge on any atom is -0.444 e. The fraction of sp³-hybridized carbons (Fsp3) is 0.680. The van der Waals surface area contributed by atoms with Crippen LogP contribution in [0.3, 0.4) is 0 Å². The van der Waals surface area contributed by atoms with Gasteiger partial charge in [-0.1, -0.05) is 12.8 Å². The van der Waals surface area contributed by atoms with Crippen LogP contribution in [0.15, 0.2) is 18.3 Å². The van der Waals surface area contributed by atoms with E-state index < -0.39 is 23.4 Å². The SMILES string of the molecule is CC(C)(C)OC(=O)NCCCCC(=O)c1cccnc1N(C(=O)OC(C)(C)C)C1CCCC1. The fourth-order valence-electron chi connectivity index (χ4n) is 3.74. The van der Waals surface area contributed by atoms with Crippen LogP contribution in [0, 0.1) is 0 Å². The summed E-state index contributed by atoms with van der Waals surface area (Å²) >= 11 is 0. The molecular weight excluding hydrogens is 422 g/mol. The molecule has 1 heterocycles. The van der Waals surface area contributed by atoms with Gasteiger partial charge in [-0.15, -0.1) is 0 Å². The number of rotatable bonds is 8. The maximum absolute atomic E-state index is 13.1. The number of alkyl carbamates (subject to hydrolysis) is 1. The van der Waals surface area contributed by atoms with Gasteiger partial charge >= 0.3 is 12.2 Å². The molecule has 184 valence electrons. The van der Waals surface area contributed by atoms with Crippen LogP contribution in [-0.2, 0) is 9.47 Å². The number of aromatic nitrogens is 1. The van der Waals surface area contributed by atoms with Gasteiger partial charge in [0.1, 0.15) is 17.0 Å². The van der Waals surface area contributed by atoms with Crippen LogP contribution in [0.5, 0.6) is 0 Å². The summed E-state index contributed by atoms with van der Waals surface area (Å²) in [5.74, 6) is 0.289. The van der Waals surface area contributed by atoms with Crippen molar-refractivity contribution in [2.75, 3.05) is 11.4 Å². The zero-order valence-corrected chi connectivity index (χ0v) is 20.9. The largest absolute Gasteiger partial charge is 0.444 e. The lowest BCUT2D eigenvalue weighted by atomic mass is 10.0. The van der Waals surface area contributed by atoms with E-state index in [4.69, 9.17) is 9.47 Å². The highest BCUT2D eigenvalue weighted by Gasteiger charge is 2.34. The first-order valence-corrected chi connectivity index (χ1v) is 11.8. The van der Waals surface area contributed by atoms with E-state index in [1.165, 1.54) is 0 Å². The maximum atomic E-state index is 13.1. The van der Waals surface area contributed by atoms with E-state index in [-0.39, 0.29) is 11.8 Å². The molecule has 1 aliphatic carbocycles. The second-order valence-electron chi connectivity index (χ2n) is 10.5. The number of nitrogens with zero attached hydrogens (tertiary/aromatic N) is 2. The third kappa shape index (κ3) is 9.02. The Morgan fingerprint density at radius 1 is 1.03 bits per heavy atom. The minimum atomic E-state index is -0.645. The summed E-state index contributed by atoms with van der Waals surface area (Å²) in [6, 6.07) is 3.40. The number of Topliss-reactive ketones (excluding diaryl/α,β-unsaturated/α-hetero) is 1. The predicted molar refractivity (Wildman–Crippen MR) is 128 cm³/mol. The standard InChI is InChI=1S/C25H39N3O5/c1-24(2,3)32-22(30)27-16-10-9-15-20(29)19-14-11-17-26-21(19)28(18-12-7-8-13-18)23(31)33-25(4,5)6/h11,14,17-18H,7-10,12-13,15-16H2,1-6H3,(H,27,30). The van der Waals surface area contributed by atoms with Crippen LogP contribution in [-0.4, -0.2) is 46.7 Å². The van der Waals surface area contributed by atoms with Gasteiger partial charge in [0.05, 0.1) is 5.56 Å². The molecule has 8 nitrogen and oxygen atoms in total. The van der Waals surface area contributed by atoms with E-state index in [2.05, 4.69) is 10.3 Å². The molecule has 8 heteroatoms. The number of unbranched alkanes of at least 4 members (excludes halogenated alkanes) is 1. The first-order chi connectivity index (χ1) is 15.4. The van der Waals surface area contributed by atoms with Crippen molar-refractivity contribution in [1.82, 2.24) is 10.3 Å². The molecule has 1 saturated carbocycles. The monoisotopic (exact) mass is 461 g/mol. The van der Waals surface area contributed by atoms with Crippen LogP contribution in [0.25, 0.3) is 0 Å². The lowest BCUT2D eigenvalue weighted by Gasteiger charge is -2.31. The van der Waals surface area contributed by atoms with Crippen LogP contribution in [0.2, 0.25) is 0 Å². The Bertz CT molecular complexity index is 820. The third-order valence-corrected chi connectivity index (χ3v) is 5.09. The summed E-state index contributed by atoms with van der Waals surface area (Å²) < 4.78 is 10.9. The first-order valence-electron chi connectivity index (χ1n) is 11.8. The zero-order chi connectivity index (χ0) is 24.6. The van der Waals surface area contributed by atoms with Crippen molar-refractivity contribution in [2.24, 2.45) is 0 Å². The van der Waals surface area contributed by atoms with Gasteiger partial charge in [0.2, 0.25) is 0 Å². The first kappa shape index (κ1) is 26.6. The normalized spacial score (nSPS) is 14.6. The number of nitrogens with one attached hydrogen (secondary N) is 1. The lowest BCUT2D eigenvalue weighted by molar-refractivity contribution is 0.0524. The van der Waals surface area contributed by atoms with Crippen molar-refractivity contribution in [3.8, 4) is 0 Å². The van der Waals surface area contributed by atoms with Crippen molar-refractivity contribution in [3.05, 3.63) is 23.9 Å². The Kier molecular flexibility index (Phi) is 9.25. The van der Waals surface area contributed by atoms with Gasteiger partial charge < -0.3 is 14.8 Å². The van der Waals surface area contributed by atoms with Crippen LogP contribution >= 0.6 is 0 Å². The Balaban J connectivity index is 2.03. The molecule has 0 bridgehead atoms. The molecule has 0 aromatic carbocycles. The predicted octanol–water partition coefficient (Wildman–Crippen LogP) is 5.64. The van der Waals surface area contributed by atoms with Crippen molar-refractivity contribution >= 4 is 23.8 Å². The summed E-state index contributed by atoms with van der Waals surface area (Å²) in [5, 5.41) is 2.70. The van der Waals surface area contributed by atoms with E-state index in [0.717, 1.165) is 25.7 Å². The van der Waals surface area contributed by atoms with Gasteiger partial charge in [0.15, 0.2) is 5.78 Å².